The Morgan fingerprint density at radius 2 is 1.81 bits per heavy atom. The van der Waals surface area contributed by atoms with E-state index in [4.69, 9.17) is 11.5 Å². The Morgan fingerprint density at radius 3 is 2.57 bits per heavy atom. The molecule has 0 bridgehead atoms. The number of hydrogen-bond donors (Lipinski definition) is 2. The average Bonchev–Trinajstić information content (AvgIpc) is 2.94. The van der Waals surface area contributed by atoms with Gasteiger partial charge < -0.3 is 11.5 Å². The third kappa shape index (κ3) is 2.84. The first-order valence-corrected chi connectivity index (χ1v) is 6.69. The maximum atomic E-state index is 6.00. The molecule has 0 fully saturated rings. The average molecular weight is 280 g/mol. The summed E-state index contributed by atoms with van der Waals surface area (Å²) in [6, 6.07) is 15.6. The highest BCUT2D eigenvalue weighted by Gasteiger charge is 2.12. The second-order valence-electron chi connectivity index (χ2n) is 4.81. The minimum Gasteiger partial charge on any atom is -0.399 e. The van der Waals surface area contributed by atoms with Gasteiger partial charge in [0.25, 0.3) is 0 Å². The maximum Gasteiger partial charge on any atom is 0.184 e. The molecule has 3 rings (SSSR count). The number of anilines is 2. The molecule has 21 heavy (non-hydrogen) atoms. The summed E-state index contributed by atoms with van der Waals surface area (Å²) in [5.41, 5.74) is 14.9. The van der Waals surface area contributed by atoms with E-state index in [1.54, 1.807) is 16.8 Å². The quantitative estimate of drug-likeness (QED) is 0.710. The van der Waals surface area contributed by atoms with Gasteiger partial charge in [0.05, 0.1) is 0 Å². The second-order valence-corrected chi connectivity index (χ2v) is 4.81. The van der Waals surface area contributed by atoms with Gasteiger partial charge in [-0.2, -0.15) is 0 Å². The molecule has 0 saturated heterocycles. The predicted molar refractivity (Wildman–Crippen MR) is 82.2 cm³/mol. The standard InChI is InChI=1S/C15H16N6/c16-12-6-7-13(14(17)10-12)15-18-19-20-21(15)9-8-11-4-2-1-3-5-11/h1-7,10H,8-9,16-17H2. The molecule has 4 N–H and O–H groups in total. The van der Waals surface area contributed by atoms with Crippen LogP contribution in [0.15, 0.2) is 48.5 Å². The minimum absolute atomic E-state index is 0.575. The number of nitrogen functional groups attached to an aromatic ring is 2. The van der Waals surface area contributed by atoms with Crippen LogP contribution in [0.4, 0.5) is 11.4 Å². The minimum atomic E-state index is 0.575. The molecule has 0 radical (unpaired) electrons. The molecular formula is C15H16N6. The Labute approximate surface area is 122 Å². The van der Waals surface area contributed by atoms with Gasteiger partial charge in [0, 0.05) is 23.5 Å². The molecule has 0 aliphatic carbocycles. The van der Waals surface area contributed by atoms with Gasteiger partial charge >= 0.3 is 0 Å². The van der Waals surface area contributed by atoms with Gasteiger partial charge in [0.2, 0.25) is 0 Å². The number of aryl methyl sites for hydroxylation is 2. The monoisotopic (exact) mass is 280 g/mol. The Bertz CT molecular complexity index is 735. The van der Waals surface area contributed by atoms with Crippen molar-refractivity contribution >= 4 is 11.4 Å². The van der Waals surface area contributed by atoms with E-state index in [1.807, 2.05) is 24.3 Å². The van der Waals surface area contributed by atoms with Crippen LogP contribution in [0, 0.1) is 0 Å². The van der Waals surface area contributed by atoms with Crippen molar-refractivity contribution in [2.24, 2.45) is 0 Å². The van der Waals surface area contributed by atoms with E-state index in [2.05, 4.69) is 27.7 Å². The van der Waals surface area contributed by atoms with Crippen LogP contribution < -0.4 is 11.5 Å². The van der Waals surface area contributed by atoms with E-state index < -0.39 is 0 Å². The molecule has 0 atom stereocenters. The van der Waals surface area contributed by atoms with Gasteiger partial charge in [0.15, 0.2) is 5.82 Å². The van der Waals surface area contributed by atoms with E-state index in [0.717, 1.165) is 12.0 Å². The summed E-state index contributed by atoms with van der Waals surface area (Å²) in [4.78, 5) is 0. The van der Waals surface area contributed by atoms with Crippen molar-refractivity contribution in [2.75, 3.05) is 11.5 Å². The van der Waals surface area contributed by atoms with E-state index in [1.165, 1.54) is 5.56 Å². The van der Waals surface area contributed by atoms with Crippen molar-refractivity contribution in [1.29, 1.82) is 0 Å². The Balaban J connectivity index is 1.84. The molecule has 0 unspecified atom stereocenters. The topological polar surface area (TPSA) is 95.6 Å². The maximum absolute atomic E-state index is 6.00. The highest BCUT2D eigenvalue weighted by molar-refractivity contribution is 5.74. The largest absolute Gasteiger partial charge is 0.399 e. The molecule has 0 saturated carbocycles. The first kappa shape index (κ1) is 13.1. The highest BCUT2D eigenvalue weighted by Crippen LogP contribution is 2.25. The molecule has 1 aromatic heterocycles. The van der Waals surface area contributed by atoms with Gasteiger partial charge in [-0.1, -0.05) is 30.3 Å². The van der Waals surface area contributed by atoms with Crippen LogP contribution in [0.5, 0.6) is 0 Å². The summed E-state index contributed by atoms with van der Waals surface area (Å²) in [6.45, 7) is 0.691. The molecule has 0 amide bonds. The normalized spacial score (nSPS) is 10.7. The zero-order valence-corrected chi connectivity index (χ0v) is 11.5. The predicted octanol–water partition coefficient (Wildman–Crippen LogP) is 1.75. The van der Waals surface area contributed by atoms with Crippen LogP contribution in [-0.4, -0.2) is 20.2 Å². The lowest BCUT2D eigenvalue weighted by Crippen LogP contribution is -2.06. The van der Waals surface area contributed by atoms with E-state index in [-0.39, 0.29) is 0 Å². The Kier molecular flexibility index (Phi) is 3.51. The molecule has 6 heteroatoms. The van der Waals surface area contributed by atoms with E-state index in [9.17, 15) is 0 Å². The third-order valence-electron chi connectivity index (χ3n) is 3.30. The van der Waals surface area contributed by atoms with Crippen LogP contribution in [0.1, 0.15) is 5.56 Å². The van der Waals surface area contributed by atoms with E-state index in [0.29, 0.717) is 23.7 Å². The Morgan fingerprint density at radius 1 is 1.00 bits per heavy atom. The summed E-state index contributed by atoms with van der Waals surface area (Å²) >= 11 is 0. The second kappa shape index (κ2) is 5.62. The van der Waals surface area contributed by atoms with Crippen LogP contribution in [0.25, 0.3) is 11.4 Å². The zero-order chi connectivity index (χ0) is 14.7. The summed E-state index contributed by atoms with van der Waals surface area (Å²) < 4.78 is 1.76. The molecular weight excluding hydrogens is 264 g/mol. The first-order valence-electron chi connectivity index (χ1n) is 6.69. The summed E-state index contributed by atoms with van der Waals surface area (Å²) in [5.74, 6) is 0.656. The lowest BCUT2D eigenvalue weighted by Gasteiger charge is -2.07. The third-order valence-corrected chi connectivity index (χ3v) is 3.30. The van der Waals surface area contributed by atoms with Gasteiger partial charge in [-0.25, -0.2) is 4.68 Å². The number of tetrazole rings is 1. The zero-order valence-electron chi connectivity index (χ0n) is 11.5. The van der Waals surface area contributed by atoms with Crippen molar-refractivity contribution in [2.45, 2.75) is 13.0 Å². The van der Waals surface area contributed by atoms with Crippen LogP contribution in [0.2, 0.25) is 0 Å². The summed E-state index contributed by atoms with van der Waals surface area (Å²) in [5, 5.41) is 11.9. The molecule has 3 aromatic rings. The molecule has 6 nitrogen and oxygen atoms in total. The fourth-order valence-corrected chi connectivity index (χ4v) is 2.21. The van der Waals surface area contributed by atoms with Crippen LogP contribution in [-0.2, 0) is 13.0 Å². The molecule has 0 aliphatic heterocycles. The van der Waals surface area contributed by atoms with Crippen LogP contribution in [0.3, 0.4) is 0 Å². The van der Waals surface area contributed by atoms with Gasteiger partial charge in [0.1, 0.15) is 0 Å². The van der Waals surface area contributed by atoms with E-state index >= 15 is 0 Å². The molecule has 0 spiro atoms. The highest BCUT2D eigenvalue weighted by atomic mass is 15.5. The van der Waals surface area contributed by atoms with Crippen LogP contribution >= 0.6 is 0 Å². The summed E-state index contributed by atoms with van der Waals surface area (Å²) in [7, 11) is 0. The van der Waals surface area contributed by atoms with Crippen molar-refractivity contribution in [3.05, 3.63) is 54.1 Å². The molecule has 2 aromatic carbocycles. The lowest BCUT2D eigenvalue weighted by molar-refractivity contribution is 0.594. The van der Waals surface area contributed by atoms with Gasteiger partial charge in [-0.15, -0.1) is 5.10 Å². The fourth-order valence-electron chi connectivity index (χ4n) is 2.21. The van der Waals surface area contributed by atoms with Crippen molar-refractivity contribution in [1.82, 2.24) is 20.2 Å². The number of rotatable bonds is 4. The first-order chi connectivity index (χ1) is 10.2. The number of hydrogen-bond acceptors (Lipinski definition) is 5. The lowest BCUT2D eigenvalue weighted by atomic mass is 10.1. The molecule has 0 aliphatic rings. The smallest absolute Gasteiger partial charge is 0.184 e. The number of nitrogens with zero attached hydrogens (tertiary/aromatic N) is 4. The number of benzene rings is 2. The number of aromatic nitrogens is 4. The number of nitrogens with two attached hydrogens (primary N) is 2. The van der Waals surface area contributed by atoms with Gasteiger partial charge in [-0.3, -0.25) is 0 Å². The van der Waals surface area contributed by atoms with Gasteiger partial charge in [-0.05, 0) is 40.6 Å². The van der Waals surface area contributed by atoms with Crippen molar-refractivity contribution in [3.63, 3.8) is 0 Å². The Hall–Kier alpha value is -2.89. The molecule has 1 heterocycles. The fraction of sp³-hybridized carbons (Fsp3) is 0.133. The van der Waals surface area contributed by atoms with Crippen molar-refractivity contribution < 1.29 is 0 Å². The summed E-state index contributed by atoms with van der Waals surface area (Å²) in [6.07, 6.45) is 0.855. The van der Waals surface area contributed by atoms with Crippen molar-refractivity contribution in [3.8, 4) is 11.4 Å². The SMILES string of the molecule is Nc1ccc(-c2nnnn2CCc2ccccc2)c(N)c1. The molecule has 106 valence electrons.